The number of halogens is 1. The van der Waals surface area contributed by atoms with E-state index in [1.54, 1.807) is 0 Å². The third-order valence-corrected chi connectivity index (χ3v) is 6.15. The fraction of sp³-hybridized carbons (Fsp3) is 0.158. The zero-order valence-electron chi connectivity index (χ0n) is 13.1. The molecule has 1 aliphatic heterocycles. The summed E-state index contributed by atoms with van der Waals surface area (Å²) >= 11 is 7.85. The van der Waals surface area contributed by atoms with Gasteiger partial charge in [-0.2, -0.15) is 0 Å². The van der Waals surface area contributed by atoms with Crippen molar-refractivity contribution in [3.05, 3.63) is 75.0 Å². The smallest absolute Gasteiger partial charge is 0.327 e. The van der Waals surface area contributed by atoms with Gasteiger partial charge in [-0.25, -0.2) is 4.79 Å². The maximum Gasteiger partial charge on any atom is 0.327 e. The first-order valence-electron chi connectivity index (χ1n) is 7.82. The molecule has 1 aliphatic rings. The van der Waals surface area contributed by atoms with Gasteiger partial charge in [0.05, 0.1) is 10.0 Å². The van der Waals surface area contributed by atoms with E-state index in [4.69, 9.17) is 11.6 Å². The molecule has 1 atom stereocenters. The highest BCUT2D eigenvalue weighted by Crippen LogP contribution is 2.39. The van der Waals surface area contributed by atoms with Crippen molar-refractivity contribution in [2.75, 3.05) is 5.75 Å². The highest BCUT2D eigenvalue weighted by Gasteiger charge is 2.32. The van der Waals surface area contributed by atoms with Crippen molar-refractivity contribution in [2.24, 2.45) is 0 Å². The number of rotatable bonds is 3. The Bertz CT molecular complexity index is 1050. The minimum atomic E-state index is -1.01. The molecular weight excluding hydrogens is 358 g/mol. The van der Waals surface area contributed by atoms with E-state index in [9.17, 15) is 14.7 Å². The molecule has 0 unspecified atom stereocenters. The molecular formula is C19H14ClNO3S. The normalized spacial score (nSPS) is 16.1. The van der Waals surface area contributed by atoms with Crippen LogP contribution in [0.15, 0.2) is 58.4 Å². The highest BCUT2D eigenvalue weighted by atomic mass is 35.5. The summed E-state index contributed by atoms with van der Waals surface area (Å²) in [6.07, 6.45) is 0.529. The Hall–Kier alpha value is -2.24. The van der Waals surface area contributed by atoms with Crippen LogP contribution in [0, 0.1) is 0 Å². The summed E-state index contributed by atoms with van der Waals surface area (Å²) in [5.74, 6) is -0.687. The number of aliphatic carboxylic acids is 1. The number of hydrogen-bond donors (Lipinski definition) is 1. The number of fused-ring (bicyclic) bond motifs is 2. The Morgan fingerprint density at radius 3 is 2.76 bits per heavy atom. The van der Waals surface area contributed by atoms with Crippen LogP contribution in [0.1, 0.15) is 17.2 Å². The van der Waals surface area contributed by atoms with Gasteiger partial charge in [-0.05, 0) is 28.3 Å². The van der Waals surface area contributed by atoms with E-state index in [0.29, 0.717) is 22.2 Å². The highest BCUT2D eigenvalue weighted by molar-refractivity contribution is 7.99. The molecule has 0 saturated heterocycles. The maximum atomic E-state index is 12.5. The van der Waals surface area contributed by atoms with Crippen LogP contribution in [0.5, 0.6) is 0 Å². The lowest BCUT2D eigenvalue weighted by Gasteiger charge is -2.13. The Balaban J connectivity index is 1.81. The summed E-state index contributed by atoms with van der Waals surface area (Å²) in [6.45, 7) is 0. The molecule has 25 heavy (non-hydrogen) atoms. The summed E-state index contributed by atoms with van der Waals surface area (Å²) in [5, 5.41) is 12.6. The van der Waals surface area contributed by atoms with Crippen LogP contribution < -0.4 is 5.56 Å². The van der Waals surface area contributed by atoms with E-state index in [-0.39, 0.29) is 5.56 Å². The van der Waals surface area contributed by atoms with Crippen LogP contribution in [0.4, 0.5) is 0 Å². The number of thioether (sulfide) groups is 1. The van der Waals surface area contributed by atoms with Crippen molar-refractivity contribution in [1.82, 2.24) is 4.57 Å². The molecule has 4 nitrogen and oxygen atoms in total. The fourth-order valence-corrected chi connectivity index (χ4v) is 4.85. The van der Waals surface area contributed by atoms with Gasteiger partial charge in [-0.15, -0.1) is 11.8 Å². The molecule has 1 aromatic heterocycles. The van der Waals surface area contributed by atoms with Crippen LogP contribution in [0.2, 0.25) is 5.02 Å². The van der Waals surface area contributed by atoms with E-state index >= 15 is 0 Å². The van der Waals surface area contributed by atoms with Gasteiger partial charge in [0, 0.05) is 11.8 Å². The number of aromatic nitrogens is 1. The monoisotopic (exact) mass is 371 g/mol. The number of carboxylic acid groups (broad SMARTS) is 1. The molecule has 1 N–H and O–H groups in total. The minimum absolute atomic E-state index is 0.313. The van der Waals surface area contributed by atoms with Gasteiger partial charge >= 0.3 is 5.97 Å². The van der Waals surface area contributed by atoms with Gasteiger partial charge in [-0.1, -0.05) is 54.1 Å². The molecule has 4 rings (SSSR count). The SMILES string of the molecule is O=C(O)[C@@H]1CSc2c(Cl)c(Cc3cccc4ccccc34)cc(=O)n21. The average Bonchev–Trinajstić information content (AvgIpc) is 3.06. The number of carboxylic acids is 1. The van der Waals surface area contributed by atoms with Crippen LogP contribution in [-0.4, -0.2) is 21.4 Å². The largest absolute Gasteiger partial charge is 0.480 e. The number of benzene rings is 2. The molecule has 0 fully saturated rings. The first-order valence-corrected chi connectivity index (χ1v) is 9.19. The molecule has 0 amide bonds. The predicted molar refractivity (Wildman–Crippen MR) is 99.9 cm³/mol. The minimum Gasteiger partial charge on any atom is -0.480 e. The standard InChI is InChI=1S/C19H14ClNO3S/c20-17-13(8-12-6-3-5-11-4-1-2-7-14(11)12)9-16(22)21-15(19(23)24)10-25-18(17)21/h1-7,9,15H,8,10H2,(H,23,24)/t15-/m0/s1. The topological polar surface area (TPSA) is 59.3 Å². The van der Waals surface area contributed by atoms with Gasteiger partial charge in [0.2, 0.25) is 0 Å². The van der Waals surface area contributed by atoms with E-state index in [1.165, 1.54) is 22.4 Å². The molecule has 0 aliphatic carbocycles. The molecule has 2 aromatic carbocycles. The Kier molecular flexibility index (Phi) is 4.06. The number of pyridine rings is 1. The van der Waals surface area contributed by atoms with E-state index in [0.717, 1.165) is 21.9 Å². The molecule has 2 heterocycles. The summed E-state index contributed by atoms with van der Waals surface area (Å²) in [4.78, 5) is 23.8. The van der Waals surface area contributed by atoms with Crippen LogP contribution in [0.25, 0.3) is 10.8 Å². The van der Waals surface area contributed by atoms with Gasteiger partial charge < -0.3 is 5.11 Å². The van der Waals surface area contributed by atoms with Crippen molar-refractivity contribution in [3.8, 4) is 0 Å². The zero-order chi connectivity index (χ0) is 17.6. The lowest BCUT2D eigenvalue weighted by atomic mass is 9.99. The summed E-state index contributed by atoms with van der Waals surface area (Å²) in [7, 11) is 0. The van der Waals surface area contributed by atoms with Crippen molar-refractivity contribution in [2.45, 2.75) is 17.5 Å². The number of hydrogen-bond acceptors (Lipinski definition) is 3. The zero-order valence-corrected chi connectivity index (χ0v) is 14.7. The van der Waals surface area contributed by atoms with Crippen molar-refractivity contribution >= 4 is 40.1 Å². The van der Waals surface area contributed by atoms with Crippen molar-refractivity contribution in [3.63, 3.8) is 0 Å². The number of carbonyl (C=O) groups is 1. The molecule has 0 bridgehead atoms. The Morgan fingerprint density at radius 1 is 1.20 bits per heavy atom. The first kappa shape index (κ1) is 16.2. The molecule has 0 spiro atoms. The second kappa shape index (κ2) is 6.24. The van der Waals surface area contributed by atoms with Gasteiger partial charge in [0.15, 0.2) is 0 Å². The van der Waals surface area contributed by atoms with Gasteiger partial charge in [0.25, 0.3) is 5.56 Å². The molecule has 6 heteroatoms. The van der Waals surface area contributed by atoms with Gasteiger partial charge in [0.1, 0.15) is 6.04 Å². The van der Waals surface area contributed by atoms with Crippen LogP contribution in [-0.2, 0) is 11.2 Å². The molecule has 0 radical (unpaired) electrons. The third-order valence-electron chi connectivity index (χ3n) is 4.46. The molecule has 126 valence electrons. The van der Waals surface area contributed by atoms with Crippen LogP contribution in [0.3, 0.4) is 0 Å². The average molecular weight is 372 g/mol. The second-order valence-corrected chi connectivity index (χ2v) is 7.36. The fourth-order valence-electron chi connectivity index (χ4n) is 3.25. The lowest BCUT2D eigenvalue weighted by molar-refractivity contribution is -0.140. The van der Waals surface area contributed by atoms with Crippen LogP contribution >= 0.6 is 23.4 Å². The van der Waals surface area contributed by atoms with Gasteiger partial charge in [-0.3, -0.25) is 9.36 Å². The van der Waals surface area contributed by atoms with E-state index in [2.05, 4.69) is 0 Å². The van der Waals surface area contributed by atoms with Crippen molar-refractivity contribution in [1.29, 1.82) is 0 Å². The first-order chi connectivity index (χ1) is 12.1. The summed E-state index contributed by atoms with van der Waals surface area (Å²) in [6, 6.07) is 14.7. The maximum absolute atomic E-state index is 12.5. The van der Waals surface area contributed by atoms with Crippen molar-refractivity contribution < 1.29 is 9.90 Å². The van der Waals surface area contributed by atoms with E-state index in [1.807, 2.05) is 42.5 Å². The Morgan fingerprint density at radius 2 is 1.96 bits per heavy atom. The number of nitrogens with zero attached hydrogens (tertiary/aromatic N) is 1. The Labute approximate surface area is 153 Å². The molecule has 0 saturated carbocycles. The molecule has 3 aromatic rings. The second-order valence-electron chi connectivity index (χ2n) is 5.98. The predicted octanol–water partition coefficient (Wildman–Crippen LogP) is 3.98. The summed E-state index contributed by atoms with van der Waals surface area (Å²) < 4.78 is 1.29. The third kappa shape index (κ3) is 2.73. The quantitative estimate of drug-likeness (QED) is 0.756. The van der Waals surface area contributed by atoms with E-state index < -0.39 is 12.0 Å². The lowest BCUT2D eigenvalue weighted by Crippen LogP contribution is -2.28. The summed E-state index contributed by atoms with van der Waals surface area (Å²) in [5.41, 5.74) is 1.50.